The number of hydrogen-bond donors (Lipinski definition) is 2. The van der Waals surface area contributed by atoms with E-state index in [1.165, 1.54) is 36.4 Å². The minimum Gasteiger partial charge on any atom is -0.478 e. The Bertz CT molecular complexity index is 1270. The molecule has 0 saturated carbocycles. The van der Waals surface area contributed by atoms with E-state index in [1.807, 2.05) is 0 Å². The molecule has 3 aromatic rings. The molecule has 35 heavy (non-hydrogen) atoms. The lowest BCUT2D eigenvalue weighted by Crippen LogP contribution is -2.48. The SMILES string of the molecule is O=C(O[C@H](C(=O)O)[C@@H](OC(=O)c1ccccc1Cl)C(=O)Nc1ccc(I)cc1)c1ccccc1Cl. The van der Waals surface area contributed by atoms with Crippen molar-refractivity contribution in [2.24, 2.45) is 0 Å². The quantitative estimate of drug-likeness (QED) is 0.264. The molecule has 8 nitrogen and oxygen atoms in total. The molecule has 180 valence electrons. The Morgan fingerprint density at radius 2 is 1.20 bits per heavy atom. The van der Waals surface area contributed by atoms with Crippen LogP contribution in [0.3, 0.4) is 0 Å². The van der Waals surface area contributed by atoms with Crippen LogP contribution in [0.4, 0.5) is 5.69 Å². The standard InChI is InChI=1S/C24H16Cl2INO7/c25-17-7-3-1-5-15(17)23(32)34-19(21(29)28-14-11-9-13(27)10-12-14)20(22(30)31)35-24(33)16-6-2-4-8-18(16)26/h1-12,19-20H,(H,28,29)(H,30,31)/t19-,20+/m1/s1. The zero-order chi connectivity index (χ0) is 25.5. The zero-order valence-electron chi connectivity index (χ0n) is 17.6. The third-order valence-electron chi connectivity index (χ3n) is 4.54. The number of anilines is 1. The fraction of sp³-hybridized carbons (Fsp3) is 0.0833. The predicted molar refractivity (Wildman–Crippen MR) is 137 cm³/mol. The number of carboxylic acids is 1. The van der Waals surface area contributed by atoms with Gasteiger partial charge in [0.25, 0.3) is 5.91 Å². The van der Waals surface area contributed by atoms with Gasteiger partial charge >= 0.3 is 17.9 Å². The van der Waals surface area contributed by atoms with Gasteiger partial charge in [-0.2, -0.15) is 0 Å². The molecule has 0 heterocycles. The maximum Gasteiger partial charge on any atom is 0.349 e. The van der Waals surface area contributed by atoms with Gasteiger partial charge < -0.3 is 19.9 Å². The number of carbonyl (C=O) groups is 4. The van der Waals surface area contributed by atoms with Crippen LogP contribution in [-0.2, 0) is 19.1 Å². The molecule has 0 unspecified atom stereocenters. The van der Waals surface area contributed by atoms with Crippen molar-refractivity contribution in [1.82, 2.24) is 0 Å². The average molecular weight is 628 g/mol. The highest BCUT2D eigenvalue weighted by molar-refractivity contribution is 14.1. The first-order valence-electron chi connectivity index (χ1n) is 9.87. The molecule has 1 amide bonds. The van der Waals surface area contributed by atoms with E-state index in [0.29, 0.717) is 5.69 Å². The van der Waals surface area contributed by atoms with Crippen LogP contribution < -0.4 is 5.32 Å². The Balaban J connectivity index is 1.93. The van der Waals surface area contributed by atoms with Gasteiger partial charge in [0, 0.05) is 9.26 Å². The van der Waals surface area contributed by atoms with Crippen molar-refractivity contribution in [1.29, 1.82) is 0 Å². The summed E-state index contributed by atoms with van der Waals surface area (Å²) in [5, 5.41) is 12.3. The second-order valence-corrected chi connectivity index (χ2v) is 9.01. The molecule has 2 atom stereocenters. The zero-order valence-corrected chi connectivity index (χ0v) is 21.3. The number of hydrogen-bond acceptors (Lipinski definition) is 6. The van der Waals surface area contributed by atoms with Crippen LogP contribution in [-0.4, -0.2) is 41.1 Å². The van der Waals surface area contributed by atoms with Crippen molar-refractivity contribution in [3.63, 3.8) is 0 Å². The summed E-state index contributed by atoms with van der Waals surface area (Å²) >= 11 is 14.1. The van der Waals surface area contributed by atoms with E-state index < -0.39 is 36.0 Å². The maximum atomic E-state index is 13.1. The Hall–Kier alpha value is -3.15. The molecule has 3 rings (SSSR count). The number of halogens is 3. The summed E-state index contributed by atoms with van der Waals surface area (Å²) in [6, 6.07) is 18.2. The molecule has 3 aromatic carbocycles. The Morgan fingerprint density at radius 1 is 0.743 bits per heavy atom. The van der Waals surface area contributed by atoms with Crippen molar-refractivity contribution in [2.75, 3.05) is 5.32 Å². The third-order valence-corrected chi connectivity index (χ3v) is 5.92. The molecule has 0 spiro atoms. The van der Waals surface area contributed by atoms with Crippen molar-refractivity contribution in [3.8, 4) is 0 Å². The highest BCUT2D eigenvalue weighted by Gasteiger charge is 2.41. The molecule has 2 N–H and O–H groups in total. The van der Waals surface area contributed by atoms with Crippen LogP contribution in [0.2, 0.25) is 10.0 Å². The van der Waals surface area contributed by atoms with Crippen molar-refractivity contribution >= 4 is 75.3 Å². The summed E-state index contributed by atoms with van der Waals surface area (Å²) in [5.41, 5.74) is 0.0632. The number of ether oxygens (including phenoxy) is 2. The Labute approximate surface area is 223 Å². The summed E-state index contributed by atoms with van der Waals surface area (Å²) in [7, 11) is 0. The highest BCUT2D eigenvalue weighted by atomic mass is 127. The second-order valence-electron chi connectivity index (χ2n) is 6.95. The minimum absolute atomic E-state index is 0.00888. The molecule has 11 heteroatoms. The van der Waals surface area contributed by atoms with E-state index in [1.54, 1.807) is 36.4 Å². The van der Waals surface area contributed by atoms with Gasteiger partial charge in [0.1, 0.15) is 0 Å². The van der Waals surface area contributed by atoms with Crippen LogP contribution in [0.5, 0.6) is 0 Å². The van der Waals surface area contributed by atoms with Crippen molar-refractivity contribution in [2.45, 2.75) is 12.2 Å². The number of aliphatic carboxylic acids is 1. The van der Waals surface area contributed by atoms with Gasteiger partial charge in [-0.15, -0.1) is 0 Å². The van der Waals surface area contributed by atoms with E-state index in [-0.39, 0.29) is 21.2 Å². The fourth-order valence-corrected chi connectivity index (χ4v) is 3.64. The second kappa shape index (κ2) is 12.0. The summed E-state index contributed by atoms with van der Waals surface area (Å²) in [6.45, 7) is 0. The van der Waals surface area contributed by atoms with Crippen LogP contribution in [0.1, 0.15) is 20.7 Å². The van der Waals surface area contributed by atoms with Gasteiger partial charge in [-0.1, -0.05) is 47.5 Å². The summed E-state index contributed by atoms with van der Waals surface area (Å²) in [4.78, 5) is 50.6. The molecule has 0 aliphatic rings. The van der Waals surface area contributed by atoms with Crippen molar-refractivity contribution in [3.05, 3.63) is 97.5 Å². The molecular weight excluding hydrogens is 612 g/mol. The van der Waals surface area contributed by atoms with Gasteiger partial charge in [-0.05, 0) is 71.1 Å². The molecule has 0 saturated heterocycles. The van der Waals surface area contributed by atoms with Crippen LogP contribution in [0.15, 0.2) is 72.8 Å². The normalized spacial score (nSPS) is 12.2. The van der Waals surface area contributed by atoms with Gasteiger partial charge in [0.2, 0.25) is 12.2 Å². The summed E-state index contributed by atoms with van der Waals surface area (Å²) in [5.74, 6) is -4.96. The predicted octanol–water partition coefficient (Wildman–Crippen LogP) is 5.07. The largest absolute Gasteiger partial charge is 0.478 e. The number of amides is 1. The lowest BCUT2D eigenvalue weighted by molar-refractivity contribution is -0.157. The van der Waals surface area contributed by atoms with Crippen LogP contribution in [0, 0.1) is 3.57 Å². The first-order chi connectivity index (χ1) is 16.7. The molecule has 0 fully saturated rings. The molecule has 0 radical (unpaired) electrons. The summed E-state index contributed by atoms with van der Waals surface area (Å²) in [6.07, 6.45) is -4.27. The molecule has 0 aliphatic heterocycles. The first kappa shape index (κ1) is 26.5. The Kier molecular flexibility index (Phi) is 9.07. The minimum atomic E-state index is -2.20. The monoisotopic (exact) mass is 627 g/mol. The van der Waals surface area contributed by atoms with Gasteiger partial charge in [0.05, 0.1) is 21.2 Å². The lowest BCUT2D eigenvalue weighted by Gasteiger charge is -2.24. The molecular formula is C24H16Cl2INO7. The van der Waals surface area contributed by atoms with Crippen LogP contribution >= 0.6 is 45.8 Å². The maximum absolute atomic E-state index is 13.1. The van der Waals surface area contributed by atoms with E-state index in [4.69, 9.17) is 32.7 Å². The van der Waals surface area contributed by atoms with Crippen LogP contribution in [0.25, 0.3) is 0 Å². The lowest BCUT2D eigenvalue weighted by atomic mass is 10.1. The number of rotatable bonds is 8. The molecule has 0 bridgehead atoms. The third kappa shape index (κ3) is 6.93. The first-order valence-corrected chi connectivity index (χ1v) is 11.7. The number of carboxylic acid groups (broad SMARTS) is 1. The topological polar surface area (TPSA) is 119 Å². The smallest absolute Gasteiger partial charge is 0.349 e. The van der Waals surface area contributed by atoms with Crippen molar-refractivity contribution < 1.29 is 33.8 Å². The molecule has 0 aromatic heterocycles. The van der Waals surface area contributed by atoms with E-state index in [2.05, 4.69) is 27.9 Å². The van der Waals surface area contributed by atoms with E-state index >= 15 is 0 Å². The fourth-order valence-electron chi connectivity index (χ4n) is 2.85. The Morgan fingerprint density at radius 3 is 1.66 bits per heavy atom. The van der Waals surface area contributed by atoms with Gasteiger partial charge in [-0.25, -0.2) is 14.4 Å². The number of esters is 2. The van der Waals surface area contributed by atoms with Gasteiger partial charge in [-0.3, -0.25) is 4.79 Å². The van der Waals surface area contributed by atoms with E-state index in [0.717, 1.165) is 3.57 Å². The van der Waals surface area contributed by atoms with Gasteiger partial charge in [0.15, 0.2) is 0 Å². The number of nitrogens with one attached hydrogen (secondary N) is 1. The molecule has 0 aliphatic carbocycles. The summed E-state index contributed by atoms with van der Waals surface area (Å²) < 4.78 is 11.2. The average Bonchev–Trinajstić information content (AvgIpc) is 2.82. The van der Waals surface area contributed by atoms with E-state index in [9.17, 15) is 24.3 Å². The highest BCUT2D eigenvalue weighted by Crippen LogP contribution is 2.22. The number of carbonyl (C=O) groups excluding carboxylic acids is 3. The number of benzene rings is 3.